The second kappa shape index (κ2) is 6.30. The Hall–Kier alpha value is -1.82. The van der Waals surface area contributed by atoms with Gasteiger partial charge in [0.25, 0.3) is 5.91 Å². The molecule has 0 bridgehead atoms. The summed E-state index contributed by atoms with van der Waals surface area (Å²) in [5.74, 6) is -1.08. The summed E-state index contributed by atoms with van der Waals surface area (Å²) in [6.07, 6.45) is 5.41. The summed E-state index contributed by atoms with van der Waals surface area (Å²) in [7, 11) is 0. The van der Waals surface area contributed by atoms with Crippen LogP contribution in [-0.4, -0.2) is 26.6 Å². The average molecular weight is 308 g/mol. The molecule has 1 amide bonds. The van der Waals surface area contributed by atoms with E-state index in [1.807, 2.05) is 0 Å². The number of thiocarbonyl (C=S) groups is 1. The highest BCUT2D eigenvalue weighted by Gasteiger charge is 2.36. The second-order valence-electron chi connectivity index (χ2n) is 5.49. The van der Waals surface area contributed by atoms with Crippen LogP contribution in [0.4, 0.5) is 0 Å². The standard InChI is InChI=1S/C15H20N2O3S/c16-14(21)15(8-3-1-2-4-9-15)17-13(20)12-10(18)6-5-7-11(12)19/h5-7,18-19H,1-4,8-9H2,(H2,16,21)(H,17,20). The number of rotatable bonds is 3. The third-order valence-electron chi connectivity index (χ3n) is 4.03. The number of amides is 1. The van der Waals surface area contributed by atoms with Crippen molar-refractivity contribution >= 4 is 23.1 Å². The van der Waals surface area contributed by atoms with Gasteiger partial charge in [-0.15, -0.1) is 0 Å². The van der Waals surface area contributed by atoms with Crippen LogP contribution in [0.1, 0.15) is 48.9 Å². The lowest BCUT2D eigenvalue weighted by Gasteiger charge is -2.33. The summed E-state index contributed by atoms with van der Waals surface area (Å²) in [6, 6.07) is 4.18. The van der Waals surface area contributed by atoms with Gasteiger partial charge in [0.15, 0.2) is 0 Å². The minimum Gasteiger partial charge on any atom is -0.507 e. The molecule has 6 heteroatoms. The van der Waals surface area contributed by atoms with E-state index in [1.54, 1.807) is 0 Å². The minimum atomic E-state index is -0.738. The Bertz CT molecular complexity index is 532. The summed E-state index contributed by atoms with van der Waals surface area (Å²) in [5, 5.41) is 22.4. The molecule has 1 aliphatic carbocycles. The van der Waals surface area contributed by atoms with Crippen LogP contribution < -0.4 is 11.1 Å². The third-order valence-corrected chi connectivity index (χ3v) is 4.42. The van der Waals surface area contributed by atoms with Gasteiger partial charge < -0.3 is 21.3 Å². The van der Waals surface area contributed by atoms with Crippen molar-refractivity contribution in [2.24, 2.45) is 5.73 Å². The van der Waals surface area contributed by atoms with E-state index in [1.165, 1.54) is 18.2 Å². The number of phenols is 2. The Morgan fingerprint density at radius 1 is 1.14 bits per heavy atom. The molecule has 1 aromatic rings. The van der Waals surface area contributed by atoms with Gasteiger partial charge in [-0.3, -0.25) is 4.79 Å². The fraction of sp³-hybridized carbons (Fsp3) is 0.467. The van der Waals surface area contributed by atoms with Gasteiger partial charge in [0, 0.05) is 0 Å². The third kappa shape index (κ3) is 3.26. The molecule has 0 aliphatic heterocycles. The predicted octanol–water partition coefficient (Wildman–Crippen LogP) is 2.21. The fourth-order valence-electron chi connectivity index (χ4n) is 2.81. The van der Waals surface area contributed by atoms with Crippen molar-refractivity contribution in [1.29, 1.82) is 0 Å². The first-order valence-electron chi connectivity index (χ1n) is 7.10. The monoisotopic (exact) mass is 308 g/mol. The number of carbonyl (C=O) groups excluding carboxylic acids is 1. The van der Waals surface area contributed by atoms with Gasteiger partial charge >= 0.3 is 0 Å². The Morgan fingerprint density at radius 2 is 1.67 bits per heavy atom. The van der Waals surface area contributed by atoms with Gasteiger partial charge in [0.1, 0.15) is 17.1 Å². The summed E-state index contributed by atoms with van der Waals surface area (Å²) < 4.78 is 0. The van der Waals surface area contributed by atoms with Crippen molar-refractivity contribution in [3.05, 3.63) is 23.8 Å². The largest absolute Gasteiger partial charge is 0.507 e. The first-order valence-corrected chi connectivity index (χ1v) is 7.50. The molecule has 0 aromatic heterocycles. The van der Waals surface area contributed by atoms with E-state index in [4.69, 9.17) is 18.0 Å². The van der Waals surface area contributed by atoms with Crippen molar-refractivity contribution in [3.63, 3.8) is 0 Å². The van der Waals surface area contributed by atoms with E-state index in [9.17, 15) is 15.0 Å². The lowest BCUT2D eigenvalue weighted by molar-refractivity contribution is 0.0912. The zero-order valence-corrected chi connectivity index (χ0v) is 12.6. The van der Waals surface area contributed by atoms with Crippen LogP contribution in [-0.2, 0) is 0 Å². The first kappa shape index (κ1) is 15.6. The highest BCUT2D eigenvalue weighted by molar-refractivity contribution is 7.80. The van der Waals surface area contributed by atoms with Crippen LogP contribution in [0.25, 0.3) is 0 Å². The highest BCUT2D eigenvalue weighted by atomic mass is 32.1. The van der Waals surface area contributed by atoms with Crippen molar-refractivity contribution in [2.75, 3.05) is 0 Å². The Kier molecular flexibility index (Phi) is 4.67. The molecule has 0 spiro atoms. The van der Waals surface area contributed by atoms with Crippen molar-refractivity contribution in [3.8, 4) is 11.5 Å². The lowest BCUT2D eigenvalue weighted by atomic mass is 9.89. The summed E-state index contributed by atoms with van der Waals surface area (Å²) in [5.41, 5.74) is 4.99. The number of phenolic OH excluding ortho intramolecular Hbond substituents is 2. The van der Waals surface area contributed by atoms with Gasteiger partial charge in [-0.25, -0.2) is 0 Å². The Balaban J connectivity index is 2.28. The molecule has 0 unspecified atom stereocenters. The SMILES string of the molecule is NC(=S)C1(NC(=O)c2c(O)cccc2O)CCCCCC1. The Labute approximate surface area is 129 Å². The molecule has 1 fully saturated rings. The van der Waals surface area contributed by atoms with Gasteiger partial charge in [0.05, 0.1) is 10.5 Å². The molecule has 0 atom stereocenters. The van der Waals surface area contributed by atoms with Gasteiger partial charge in [0.2, 0.25) is 0 Å². The van der Waals surface area contributed by atoms with Crippen LogP contribution in [0.3, 0.4) is 0 Å². The fourth-order valence-corrected chi connectivity index (χ4v) is 3.06. The Morgan fingerprint density at radius 3 is 2.14 bits per heavy atom. The topological polar surface area (TPSA) is 95.6 Å². The van der Waals surface area contributed by atoms with E-state index in [0.29, 0.717) is 12.8 Å². The number of benzene rings is 1. The average Bonchev–Trinajstić information content (AvgIpc) is 2.65. The summed E-state index contributed by atoms with van der Waals surface area (Å²) in [6.45, 7) is 0. The van der Waals surface area contributed by atoms with Gasteiger partial charge in [-0.2, -0.15) is 0 Å². The number of nitrogens with two attached hydrogens (primary N) is 1. The van der Waals surface area contributed by atoms with Gasteiger partial charge in [-0.05, 0) is 25.0 Å². The quantitative estimate of drug-likeness (QED) is 0.507. The molecule has 1 saturated carbocycles. The van der Waals surface area contributed by atoms with Crippen LogP contribution >= 0.6 is 12.2 Å². The summed E-state index contributed by atoms with van der Waals surface area (Å²) >= 11 is 5.16. The number of hydrogen-bond acceptors (Lipinski definition) is 4. The van der Waals surface area contributed by atoms with E-state index in [2.05, 4.69) is 5.32 Å². The molecule has 0 saturated heterocycles. The van der Waals surface area contributed by atoms with E-state index in [0.717, 1.165) is 25.7 Å². The lowest BCUT2D eigenvalue weighted by Crippen LogP contribution is -2.56. The number of carbonyl (C=O) groups is 1. The molecule has 0 radical (unpaired) electrons. The predicted molar refractivity (Wildman–Crippen MR) is 84.5 cm³/mol. The molecule has 5 N–H and O–H groups in total. The van der Waals surface area contributed by atoms with E-state index in [-0.39, 0.29) is 22.1 Å². The molecule has 2 rings (SSSR count). The van der Waals surface area contributed by atoms with Gasteiger partial charge in [-0.1, -0.05) is 44.0 Å². The molecule has 1 aliphatic rings. The molecule has 114 valence electrons. The number of nitrogens with one attached hydrogen (secondary N) is 1. The second-order valence-corrected chi connectivity index (χ2v) is 5.93. The molecule has 0 heterocycles. The van der Waals surface area contributed by atoms with Crippen LogP contribution in [0.15, 0.2) is 18.2 Å². The minimum absolute atomic E-state index is 0.141. The van der Waals surface area contributed by atoms with Crippen molar-refractivity contribution in [1.82, 2.24) is 5.32 Å². The van der Waals surface area contributed by atoms with Crippen molar-refractivity contribution < 1.29 is 15.0 Å². The van der Waals surface area contributed by atoms with Crippen LogP contribution in [0.5, 0.6) is 11.5 Å². The molecule has 5 nitrogen and oxygen atoms in total. The zero-order valence-electron chi connectivity index (χ0n) is 11.8. The molecular weight excluding hydrogens is 288 g/mol. The smallest absolute Gasteiger partial charge is 0.259 e. The van der Waals surface area contributed by atoms with E-state index < -0.39 is 11.4 Å². The molecule has 21 heavy (non-hydrogen) atoms. The zero-order chi connectivity index (χ0) is 15.5. The highest BCUT2D eigenvalue weighted by Crippen LogP contribution is 2.31. The molecule has 1 aromatic carbocycles. The normalized spacial score (nSPS) is 17.7. The number of aromatic hydroxyl groups is 2. The first-order chi connectivity index (χ1) is 9.96. The maximum absolute atomic E-state index is 12.4. The number of hydrogen-bond donors (Lipinski definition) is 4. The van der Waals surface area contributed by atoms with Crippen LogP contribution in [0.2, 0.25) is 0 Å². The maximum atomic E-state index is 12.4. The summed E-state index contributed by atoms with van der Waals surface area (Å²) in [4.78, 5) is 12.7. The van der Waals surface area contributed by atoms with Crippen LogP contribution in [0, 0.1) is 0 Å². The maximum Gasteiger partial charge on any atom is 0.259 e. The molecular formula is C15H20N2O3S. The van der Waals surface area contributed by atoms with Crippen molar-refractivity contribution in [2.45, 2.75) is 44.1 Å². The van der Waals surface area contributed by atoms with E-state index >= 15 is 0 Å².